The number of nitrogens with zero attached hydrogens (tertiary/aromatic N) is 1. The fourth-order valence-electron chi connectivity index (χ4n) is 3.66. The van der Waals surface area contributed by atoms with E-state index in [1.807, 2.05) is 63.2 Å². The van der Waals surface area contributed by atoms with E-state index in [1.165, 1.54) is 19.2 Å². The maximum Gasteiger partial charge on any atom is 0.264 e. The van der Waals surface area contributed by atoms with E-state index in [0.29, 0.717) is 22.3 Å². The maximum atomic E-state index is 13.6. The van der Waals surface area contributed by atoms with Gasteiger partial charge in [0.1, 0.15) is 12.3 Å². The summed E-state index contributed by atoms with van der Waals surface area (Å²) in [5, 5.41) is 3.00. The molecule has 180 valence electrons. The molecule has 0 aromatic heterocycles. The molecule has 34 heavy (non-hydrogen) atoms. The Hall–Kier alpha value is -2.84. The normalized spacial score (nSPS) is 11.7. The molecule has 6 nitrogen and oxygen atoms in total. The Kier molecular flexibility index (Phi) is 8.05. The molecule has 0 heterocycles. The fraction of sp³-hybridized carbons (Fsp3) is 0.269. The lowest BCUT2D eigenvalue weighted by molar-refractivity contribution is -0.121. The second-order valence-corrected chi connectivity index (χ2v) is 11.5. The highest BCUT2D eigenvalue weighted by Crippen LogP contribution is 2.31. The van der Waals surface area contributed by atoms with Crippen molar-refractivity contribution in [3.63, 3.8) is 0 Å². The molecule has 1 amide bonds. The molecule has 0 radical (unpaired) electrons. The van der Waals surface area contributed by atoms with Gasteiger partial charge < -0.3 is 10.1 Å². The summed E-state index contributed by atoms with van der Waals surface area (Å²) in [5.41, 5.74) is 1.92. The second-order valence-electron chi connectivity index (χ2n) is 8.74. The molecule has 0 aliphatic rings. The van der Waals surface area contributed by atoms with Crippen LogP contribution < -0.4 is 14.4 Å². The molecule has 0 unspecified atom stereocenters. The molecule has 1 N–H and O–H groups in total. The van der Waals surface area contributed by atoms with Gasteiger partial charge in [0.05, 0.1) is 22.2 Å². The monoisotopic (exact) mass is 544 g/mol. The van der Waals surface area contributed by atoms with Gasteiger partial charge >= 0.3 is 0 Å². The first-order valence-corrected chi connectivity index (χ1v) is 13.0. The Bertz CT molecular complexity index is 1240. The second kappa shape index (κ2) is 10.6. The van der Waals surface area contributed by atoms with E-state index in [9.17, 15) is 13.2 Å². The van der Waals surface area contributed by atoms with E-state index in [-0.39, 0.29) is 11.4 Å². The van der Waals surface area contributed by atoms with Crippen molar-refractivity contribution in [1.29, 1.82) is 0 Å². The molecular weight excluding hydrogens is 516 g/mol. The number of rotatable bonds is 9. The molecule has 0 aliphatic heterocycles. The van der Waals surface area contributed by atoms with Gasteiger partial charge in [-0.1, -0.05) is 48.0 Å². The first-order valence-electron chi connectivity index (χ1n) is 10.8. The molecule has 0 aliphatic carbocycles. The summed E-state index contributed by atoms with van der Waals surface area (Å²) < 4.78 is 34.2. The number of carbonyl (C=O) groups is 1. The van der Waals surface area contributed by atoms with E-state index in [1.54, 1.807) is 18.2 Å². The van der Waals surface area contributed by atoms with Crippen LogP contribution in [0.25, 0.3) is 0 Å². The van der Waals surface area contributed by atoms with Crippen molar-refractivity contribution in [3.05, 3.63) is 88.4 Å². The summed E-state index contributed by atoms with van der Waals surface area (Å²) in [5.74, 6) is 0.124. The van der Waals surface area contributed by atoms with Gasteiger partial charge in [-0.3, -0.25) is 9.10 Å². The van der Waals surface area contributed by atoms with Crippen molar-refractivity contribution in [2.24, 2.45) is 0 Å². The van der Waals surface area contributed by atoms with Crippen molar-refractivity contribution >= 4 is 37.5 Å². The van der Waals surface area contributed by atoms with Gasteiger partial charge in [0.2, 0.25) is 5.91 Å². The number of nitrogens with one attached hydrogen (secondary N) is 1. The summed E-state index contributed by atoms with van der Waals surface area (Å²) in [7, 11) is -2.53. The molecule has 0 atom stereocenters. The van der Waals surface area contributed by atoms with Gasteiger partial charge in [-0.25, -0.2) is 8.42 Å². The van der Waals surface area contributed by atoms with Crippen LogP contribution in [-0.4, -0.2) is 33.5 Å². The predicted molar refractivity (Wildman–Crippen MR) is 139 cm³/mol. The summed E-state index contributed by atoms with van der Waals surface area (Å²) in [6.07, 6.45) is 0.613. The minimum absolute atomic E-state index is 0.0529. The summed E-state index contributed by atoms with van der Waals surface area (Å²) in [6.45, 7) is 5.40. The lowest BCUT2D eigenvalue weighted by Crippen LogP contribution is -2.50. The number of aryl methyl sites for hydroxylation is 1. The van der Waals surface area contributed by atoms with Gasteiger partial charge in [-0.15, -0.1) is 0 Å². The number of methoxy groups -OCH3 is 1. The van der Waals surface area contributed by atoms with Gasteiger partial charge in [0, 0.05) is 5.54 Å². The number of amides is 1. The minimum atomic E-state index is -4.04. The van der Waals surface area contributed by atoms with Crippen molar-refractivity contribution in [3.8, 4) is 5.75 Å². The first kappa shape index (κ1) is 25.8. The van der Waals surface area contributed by atoms with Gasteiger partial charge in [0.25, 0.3) is 10.0 Å². The Morgan fingerprint density at radius 3 is 2.26 bits per heavy atom. The van der Waals surface area contributed by atoms with Gasteiger partial charge in [-0.2, -0.15) is 0 Å². The van der Waals surface area contributed by atoms with Crippen LogP contribution in [0, 0.1) is 6.92 Å². The van der Waals surface area contributed by atoms with Crippen LogP contribution in [0.1, 0.15) is 25.0 Å². The van der Waals surface area contributed by atoms with Crippen LogP contribution >= 0.6 is 15.9 Å². The van der Waals surface area contributed by atoms with Crippen LogP contribution in [0.5, 0.6) is 5.75 Å². The highest BCUT2D eigenvalue weighted by atomic mass is 79.9. The summed E-state index contributed by atoms with van der Waals surface area (Å²) >= 11 is 3.35. The van der Waals surface area contributed by atoms with E-state index in [0.717, 1.165) is 15.4 Å². The number of anilines is 1. The van der Waals surface area contributed by atoms with Crippen LogP contribution in [0.3, 0.4) is 0 Å². The smallest absolute Gasteiger partial charge is 0.264 e. The average Bonchev–Trinajstić information content (AvgIpc) is 2.78. The van der Waals surface area contributed by atoms with Crippen LogP contribution in [0.4, 0.5) is 5.69 Å². The third kappa shape index (κ3) is 6.39. The van der Waals surface area contributed by atoms with Gasteiger partial charge in [0.15, 0.2) is 0 Å². The third-order valence-electron chi connectivity index (χ3n) is 5.29. The third-order valence-corrected chi connectivity index (χ3v) is 7.68. The number of halogens is 1. The minimum Gasteiger partial charge on any atom is -0.496 e. The maximum absolute atomic E-state index is 13.6. The van der Waals surface area contributed by atoms with E-state index in [4.69, 9.17) is 4.74 Å². The molecule has 0 saturated carbocycles. The molecule has 3 aromatic rings. The lowest BCUT2D eigenvalue weighted by atomic mass is 9.95. The topological polar surface area (TPSA) is 75.7 Å². The SMILES string of the molecule is COc1ccc(S(=O)(=O)N(CC(=O)NC(C)(C)Cc2ccccc2)c2ccc(C)cc2)cc1Br. The van der Waals surface area contributed by atoms with Crippen molar-refractivity contribution in [1.82, 2.24) is 5.32 Å². The Morgan fingerprint density at radius 1 is 1.03 bits per heavy atom. The Labute approximate surface area is 210 Å². The zero-order chi connectivity index (χ0) is 24.9. The Morgan fingerprint density at radius 2 is 1.68 bits per heavy atom. The number of hydrogen-bond donors (Lipinski definition) is 1. The number of ether oxygens (including phenoxy) is 1. The predicted octanol–water partition coefficient (Wildman–Crippen LogP) is 5.10. The Balaban J connectivity index is 1.90. The molecule has 0 saturated heterocycles. The van der Waals surface area contributed by atoms with Crippen LogP contribution in [0.15, 0.2) is 82.2 Å². The number of benzene rings is 3. The molecule has 3 aromatic carbocycles. The average molecular weight is 545 g/mol. The number of sulfonamides is 1. The zero-order valence-electron chi connectivity index (χ0n) is 19.7. The van der Waals surface area contributed by atoms with Crippen LogP contribution in [0.2, 0.25) is 0 Å². The van der Waals surface area contributed by atoms with E-state index in [2.05, 4.69) is 21.2 Å². The first-order chi connectivity index (χ1) is 16.0. The summed E-state index contributed by atoms with van der Waals surface area (Å²) in [4.78, 5) is 13.2. The van der Waals surface area contributed by atoms with E-state index < -0.39 is 21.5 Å². The fourth-order valence-corrected chi connectivity index (χ4v) is 5.80. The highest BCUT2D eigenvalue weighted by molar-refractivity contribution is 9.10. The molecule has 3 rings (SSSR count). The van der Waals surface area contributed by atoms with Crippen LogP contribution in [-0.2, 0) is 21.2 Å². The summed E-state index contributed by atoms with van der Waals surface area (Å²) in [6, 6.07) is 21.4. The molecule has 0 bridgehead atoms. The van der Waals surface area contributed by atoms with Crippen molar-refractivity contribution < 1.29 is 17.9 Å². The molecule has 0 fully saturated rings. The largest absolute Gasteiger partial charge is 0.496 e. The molecular formula is C26H29BrN2O4S. The highest BCUT2D eigenvalue weighted by Gasteiger charge is 2.30. The number of hydrogen-bond acceptors (Lipinski definition) is 4. The van der Waals surface area contributed by atoms with E-state index >= 15 is 0 Å². The van der Waals surface area contributed by atoms with Gasteiger partial charge in [-0.05, 0) is 79.0 Å². The zero-order valence-corrected chi connectivity index (χ0v) is 22.1. The number of carbonyl (C=O) groups excluding carboxylic acids is 1. The lowest BCUT2D eigenvalue weighted by Gasteiger charge is -2.29. The molecule has 0 spiro atoms. The molecule has 8 heteroatoms. The quantitative estimate of drug-likeness (QED) is 0.406. The van der Waals surface area contributed by atoms with Crippen molar-refractivity contribution in [2.75, 3.05) is 18.0 Å². The standard InChI is InChI=1S/C26H29BrN2O4S/c1-19-10-12-21(13-11-19)29(34(31,32)22-14-15-24(33-4)23(27)16-22)18-25(30)28-26(2,3)17-20-8-6-5-7-9-20/h5-16H,17-18H2,1-4H3,(H,28,30). The van der Waals surface area contributed by atoms with Crippen molar-refractivity contribution in [2.45, 2.75) is 37.6 Å².